The van der Waals surface area contributed by atoms with Gasteiger partial charge in [-0.05, 0) is 77.5 Å². The molecule has 2 saturated heterocycles. The molecule has 3 aromatic carbocycles. The van der Waals surface area contributed by atoms with E-state index in [4.69, 9.17) is 9.72 Å². The molecule has 14 nitrogen and oxygen atoms in total. The zero-order chi connectivity index (χ0) is 40.4. The fraction of sp³-hybridized carbons (Fsp3) is 0.395. The van der Waals surface area contributed by atoms with Gasteiger partial charge >= 0.3 is 12.2 Å². The molecule has 4 unspecified atom stereocenters. The number of rotatable bonds is 11. The van der Waals surface area contributed by atoms with Crippen molar-refractivity contribution in [3.05, 3.63) is 84.6 Å². The van der Waals surface area contributed by atoms with Crippen LogP contribution in [-0.4, -0.2) is 91.1 Å². The van der Waals surface area contributed by atoms with Crippen molar-refractivity contribution < 1.29 is 29.0 Å². The highest BCUT2D eigenvalue weighted by molar-refractivity contribution is 5.88. The number of hydrogen-bond donors (Lipinski definition) is 5. The summed E-state index contributed by atoms with van der Waals surface area (Å²) < 4.78 is 4.77. The lowest BCUT2D eigenvalue weighted by Gasteiger charge is -2.29. The molecule has 14 heteroatoms. The number of likely N-dealkylation sites (tertiary alicyclic amines) is 2. The van der Waals surface area contributed by atoms with Crippen LogP contribution in [0.5, 0.6) is 0 Å². The quantitative estimate of drug-likeness (QED) is 0.0926. The standard InChI is InChI=1S/C43H50N8O6/c1-24(2)36(48-42(54)55)40(52)50-20-6-8-34(50)38-44-23-33(47-38)29-16-14-27(15-17-29)26-10-12-28(13-11-26)30-18-19-31-32(22-30)46-39(45-31)35-9-7-21-51(35)41(53)37(25(3)4)49-43(56)57-5/h10-19,22-25,34-37,48H,6-9,20-21H2,1-5H3,(H,44,47)(H,45,46)(H,49,56)(H,54,55). The van der Waals surface area contributed by atoms with Crippen LogP contribution in [0.3, 0.4) is 0 Å². The predicted octanol–water partition coefficient (Wildman–Crippen LogP) is 7.29. The average molecular weight is 775 g/mol. The van der Waals surface area contributed by atoms with Crippen LogP contribution in [0.25, 0.3) is 44.5 Å². The molecule has 2 aromatic heterocycles. The fourth-order valence-corrected chi connectivity index (χ4v) is 8.05. The highest BCUT2D eigenvalue weighted by Gasteiger charge is 2.39. The van der Waals surface area contributed by atoms with Crippen molar-refractivity contribution in [2.75, 3.05) is 20.2 Å². The molecule has 0 aliphatic carbocycles. The number of carbonyl (C=O) groups is 4. The van der Waals surface area contributed by atoms with E-state index in [0.29, 0.717) is 18.9 Å². The maximum atomic E-state index is 13.6. The van der Waals surface area contributed by atoms with E-state index < -0.39 is 24.3 Å². The van der Waals surface area contributed by atoms with Crippen LogP contribution >= 0.6 is 0 Å². The molecule has 2 aliphatic rings. The predicted molar refractivity (Wildman–Crippen MR) is 216 cm³/mol. The van der Waals surface area contributed by atoms with Gasteiger partial charge in [-0.15, -0.1) is 0 Å². The molecule has 4 atom stereocenters. The van der Waals surface area contributed by atoms with E-state index in [1.54, 1.807) is 11.1 Å². The first-order chi connectivity index (χ1) is 27.4. The van der Waals surface area contributed by atoms with Gasteiger partial charge in [0.2, 0.25) is 11.8 Å². The van der Waals surface area contributed by atoms with E-state index in [1.807, 2.05) is 50.8 Å². The summed E-state index contributed by atoms with van der Waals surface area (Å²) in [6.45, 7) is 8.62. The number of nitrogens with one attached hydrogen (secondary N) is 4. The minimum Gasteiger partial charge on any atom is -0.465 e. The summed E-state index contributed by atoms with van der Waals surface area (Å²) in [6.07, 6.45) is 3.14. The largest absolute Gasteiger partial charge is 0.465 e. The van der Waals surface area contributed by atoms with Crippen molar-refractivity contribution in [1.29, 1.82) is 0 Å². The summed E-state index contributed by atoms with van der Waals surface area (Å²) >= 11 is 0. The van der Waals surface area contributed by atoms with E-state index in [0.717, 1.165) is 76.1 Å². The maximum Gasteiger partial charge on any atom is 0.407 e. The Morgan fingerprint density at radius 1 is 0.719 bits per heavy atom. The molecule has 2 fully saturated rings. The van der Waals surface area contributed by atoms with Crippen molar-refractivity contribution in [2.24, 2.45) is 11.8 Å². The van der Waals surface area contributed by atoms with Gasteiger partial charge in [0.15, 0.2) is 0 Å². The highest BCUT2D eigenvalue weighted by Crippen LogP contribution is 2.35. The number of fused-ring (bicyclic) bond motifs is 1. The number of nitrogens with zero attached hydrogens (tertiary/aromatic N) is 4. The van der Waals surface area contributed by atoms with Crippen molar-refractivity contribution in [1.82, 2.24) is 40.4 Å². The molecule has 4 heterocycles. The first-order valence-electron chi connectivity index (χ1n) is 19.6. The fourth-order valence-electron chi connectivity index (χ4n) is 8.05. The minimum atomic E-state index is -1.21. The topological polar surface area (TPSA) is 186 Å². The van der Waals surface area contributed by atoms with Gasteiger partial charge in [-0.1, -0.05) is 82.3 Å². The Morgan fingerprint density at radius 2 is 1.23 bits per heavy atom. The third-order valence-electron chi connectivity index (χ3n) is 11.1. The van der Waals surface area contributed by atoms with Crippen molar-refractivity contribution in [3.63, 3.8) is 0 Å². The van der Waals surface area contributed by atoms with E-state index >= 15 is 0 Å². The number of aromatic amines is 2. The van der Waals surface area contributed by atoms with E-state index in [1.165, 1.54) is 7.11 Å². The minimum absolute atomic E-state index is 0.108. The Labute approximate surface area is 331 Å². The third kappa shape index (κ3) is 8.21. The van der Waals surface area contributed by atoms with Crippen LogP contribution in [0.4, 0.5) is 9.59 Å². The SMILES string of the molecule is COC(=O)NC(C(=O)N1CCCC1c1nc2ccc(-c3ccc(-c4ccc(-c5cnc(C6CCCN6C(=O)C(NC(=O)O)C(C)C)[nH]5)cc4)cc3)cc2[nH]1)C(C)C. The number of benzene rings is 3. The van der Waals surface area contributed by atoms with Crippen LogP contribution in [0, 0.1) is 11.8 Å². The number of H-pyrrole nitrogens is 2. The van der Waals surface area contributed by atoms with Crippen LogP contribution in [0.15, 0.2) is 72.9 Å². The second kappa shape index (κ2) is 16.5. The molecule has 298 valence electrons. The number of carboxylic acid groups (broad SMARTS) is 1. The molecule has 4 amide bonds. The molecule has 5 N–H and O–H groups in total. The van der Waals surface area contributed by atoms with Gasteiger partial charge in [-0.2, -0.15) is 0 Å². The molecule has 5 aromatic rings. The van der Waals surface area contributed by atoms with Gasteiger partial charge in [0.1, 0.15) is 23.7 Å². The highest BCUT2D eigenvalue weighted by atomic mass is 16.5. The summed E-state index contributed by atoms with van der Waals surface area (Å²) in [5.74, 6) is 0.768. The summed E-state index contributed by atoms with van der Waals surface area (Å²) in [5, 5.41) is 14.4. The second-order valence-corrected chi connectivity index (χ2v) is 15.6. The van der Waals surface area contributed by atoms with Gasteiger partial charge in [-0.3, -0.25) is 9.59 Å². The van der Waals surface area contributed by atoms with Crippen LogP contribution in [0.1, 0.15) is 77.1 Å². The summed E-state index contributed by atoms with van der Waals surface area (Å²) in [5.41, 5.74) is 7.75. The van der Waals surface area contributed by atoms with E-state index in [-0.39, 0.29) is 35.7 Å². The van der Waals surface area contributed by atoms with Crippen molar-refractivity contribution in [2.45, 2.75) is 77.5 Å². The molecular weight excluding hydrogens is 725 g/mol. The molecule has 0 bridgehead atoms. The van der Waals surface area contributed by atoms with Crippen molar-refractivity contribution >= 4 is 35.0 Å². The molecular formula is C43H50N8O6. The third-order valence-corrected chi connectivity index (χ3v) is 11.1. The lowest BCUT2D eigenvalue weighted by atomic mass is 9.99. The Hall–Kier alpha value is -6.18. The number of amides is 4. The van der Waals surface area contributed by atoms with Crippen molar-refractivity contribution in [3.8, 4) is 33.5 Å². The van der Waals surface area contributed by atoms with Crippen LogP contribution in [-0.2, 0) is 14.3 Å². The number of carbonyl (C=O) groups excluding carboxylic acids is 3. The molecule has 0 spiro atoms. The molecule has 7 rings (SSSR count). The van der Waals surface area contributed by atoms with Gasteiger partial charge in [0.05, 0.1) is 42.1 Å². The first-order valence-corrected chi connectivity index (χ1v) is 19.6. The van der Waals surface area contributed by atoms with Gasteiger partial charge < -0.3 is 40.2 Å². The number of aromatic nitrogens is 4. The van der Waals surface area contributed by atoms with Crippen LogP contribution in [0.2, 0.25) is 0 Å². The second-order valence-electron chi connectivity index (χ2n) is 15.6. The number of alkyl carbamates (subject to hydrolysis) is 1. The lowest BCUT2D eigenvalue weighted by molar-refractivity contribution is -0.136. The Bertz CT molecular complexity index is 2250. The number of imidazole rings is 2. The maximum absolute atomic E-state index is 13.6. The van der Waals surface area contributed by atoms with E-state index in [2.05, 4.69) is 74.1 Å². The molecule has 57 heavy (non-hydrogen) atoms. The summed E-state index contributed by atoms with van der Waals surface area (Å²) in [6, 6.07) is 20.8. The monoisotopic (exact) mass is 774 g/mol. The van der Waals surface area contributed by atoms with Gasteiger partial charge in [-0.25, -0.2) is 19.6 Å². The Morgan fingerprint density at radius 3 is 1.77 bits per heavy atom. The number of methoxy groups -OCH3 is 1. The lowest BCUT2D eigenvalue weighted by Crippen LogP contribution is -2.51. The molecule has 0 radical (unpaired) electrons. The zero-order valence-electron chi connectivity index (χ0n) is 32.9. The van der Waals surface area contributed by atoms with Gasteiger partial charge in [0.25, 0.3) is 0 Å². The first kappa shape index (κ1) is 39.1. The normalized spacial score (nSPS) is 17.9. The summed E-state index contributed by atoms with van der Waals surface area (Å²) in [4.78, 5) is 70.3. The average Bonchev–Trinajstić information content (AvgIpc) is 4.04. The Balaban J connectivity index is 1.02. The molecule has 0 saturated carbocycles. The Kier molecular flexibility index (Phi) is 11.3. The smallest absolute Gasteiger partial charge is 0.407 e. The van der Waals surface area contributed by atoms with Crippen LogP contribution < -0.4 is 10.6 Å². The number of hydrogen-bond acceptors (Lipinski definition) is 7. The molecule has 2 aliphatic heterocycles. The van der Waals surface area contributed by atoms with Gasteiger partial charge in [0, 0.05) is 13.1 Å². The van der Waals surface area contributed by atoms with E-state index in [9.17, 15) is 24.3 Å². The number of ether oxygens (including phenoxy) is 1. The summed E-state index contributed by atoms with van der Waals surface area (Å²) in [7, 11) is 1.29. The zero-order valence-corrected chi connectivity index (χ0v) is 32.9.